The van der Waals surface area contributed by atoms with Crippen molar-refractivity contribution < 1.29 is 37.6 Å². The van der Waals surface area contributed by atoms with Gasteiger partial charge in [0, 0.05) is 19.4 Å². The van der Waals surface area contributed by atoms with Gasteiger partial charge >= 0.3 is 19.8 Å². The van der Waals surface area contributed by atoms with E-state index < -0.39 is 26.5 Å². The normalized spacial score (nSPS) is 13.3. The molecule has 0 bridgehead atoms. The third-order valence-corrected chi connectivity index (χ3v) is 16.2. The highest BCUT2D eigenvalue weighted by atomic mass is 31.2. The van der Waals surface area contributed by atoms with Crippen molar-refractivity contribution in [3.8, 4) is 0 Å². The van der Waals surface area contributed by atoms with Crippen molar-refractivity contribution in [3.05, 3.63) is 60.8 Å². The molecule has 0 heterocycles. The molecule has 0 aromatic carbocycles. The topological polar surface area (TPSA) is 134 Å². The zero-order chi connectivity index (χ0) is 58.0. The van der Waals surface area contributed by atoms with Crippen molar-refractivity contribution in [2.75, 3.05) is 26.4 Å². The van der Waals surface area contributed by atoms with E-state index in [1.807, 2.05) is 0 Å². The van der Waals surface area contributed by atoms with Crippen molar-refractivity contribution in [2.24, 2.45) is 5.73 Å². The molecule has 0 rings (SSSR count). The van der Waals surface area contributed by atoms with E-state index in [1.165, 1.54) is 244 Å². The molecule has 0 aliphatic carbocycles. The number of hydrogen-bond donors (Lipinski definition) is 2. The Labute approximate surface area is 495 Å². The molecule has 10 heteroatoms. The van der Waals surface area contributed by atoms with Gasteiger partial charge in [-0.1, -0.05) is 331 Å². The number of allylic oxidation sites excluding steroid dienone is 10. The number of hydrogen-bond acceptors (Lipinski definition) is 8. The van der Waals surface area contributed by atoms with Crippen LogP contribution in [0.15, 0.2) is 60.8 Å². The van der Waals surface area contributed by atoms with Crippen LogP contribution in [0.2, 0.25) is 0 Å². The van der Waals surface area contributed by atoms with Crippen LogP contribution >= 0.6 is 7.82 Å². The number of esters is 2. The first-order valence-corrected chi connectivity index (χ1v) is 35.8. The first-order valence-electron chi connectivity index (χ1n) is 34.3. The standard InChI is InChI=1S/C70H130NO8P/c1-3-5-7-9-11-13-15-17-19-21-23-25-26-27-28-29-30-31-32-33-34-35-36-37-38-39-40-41-42-43-45-47-49-51-53-55-57-59-61-63-70(73)79-68(67-78-80(74,75)77-65-64-71)66-76-69(72)62-60-58-56-54-52-50-48-46-44-24-22-20-18-16-14-12-10-8-6-4-2/h5,7,11,13,17,19,23,25,27-28,68H,3-4,6,8-10,12,14-16,18,20-22,24,26,29-67,71H2,1-2H3,(H,74,75)/b7-5-,13-11-,19-17-,25-23-,28-27-. The molecular formula is C70H130NO8P. The van der Waals surface area contributed by atoms with Gasteiger partial charge in [0.05, 0.1) is 13.2 Å². The molecule has 0 radical (unpaired) electrons. The van der Waals surface area contributed by atoms with E-state index in [0.29, 0.717) is 6.42 Å². The average Bonchev–Trinajstić information content (AvgIpc) is 3.45. The van der Waals surface area contributed by atoms with Crippen LogP contribution in [-0.2, 0) is 32.7 Å². The van der Waals surface area contributed by atoms with Crippen LogP contribution in [0.25, 0.3) is 0 Å². The monoisotopic (exact) mass is 1140 g/mol. The summed E-state index contributed by atoms with van der Waals surface area (Å²) in [6, 6.07) is 0. The second kappa shape index (κ2) is 65.9. The van der Waals surface area contributed by atoms with E-state index >= 15 is 0 Å². The zero-order valence-corrected chi connectivity index (χ0v) is 53.5. The molecule has 468 valence electrons. The molecule has 2 unspecified atom stereocenters. The number of carbonyl (C=O) groups excluding carboxylic acids is 2. The Bertz CT molecular complexity index is 1490. The Kier molecular flexibility index (Phi) is 64.0. The summed E-state index contributed by atoms with van der Waals surface area (Å²) in [5.41, 5.74) is 5.40. The summed E-state index contributed by atoms with van der Waals surface area (Å²) >= 11 is 0. The minimum Gasteiger partial charge on any atom is -0.462 e. The van der Waals surface area contributed by atoms with E-state index in [0.717, 1.165) is 64.2 Å². The van der Waals surface area contributed by atoms with Crippen LogP contribution in [0.4, 0.5) is 0 Å². The van der Waals surface area contributed by atoms with Gasteiger partial charge < -0.3 is 20.1 Å². The fourth-order valence-electron chi connectivity index (χ4n) is 10.1. The molecular weight excluding hydrogens is 1010 g/mol. The molecule has 9 nitrogen and oxygen atoms in total. The maximum Gasteiger partial charge on any atom is 0.472 e. The van der Waals surface area contributed by atoms with Crippen molar-refractivity contribution in [3.63, 3.8) is 0 Å². The number of rotatable bonds is 65. The molecule has 0 aromatic heterocycles. The number of phosphoric acid groups is 1. The highest BCUT2D eigenvalue weighted by Gasteiger charge is 2.26. The number of phosphoric ester groups is 1. The molecule has 0 aliphatic rings. The van der Waals surface area contributed by atoms with Crippen LogP contribution in [0.3, 0.4) is 0 Å². The minimum absolute atomic E-state index is 0.0558. The second-order valence-electron chi connectivity index (χ2n) is 23.0. The Morgan fingerprint density at radius 1 is 0.388 bits per heavy atom. The summed E-state index contributed by atoms with van der Waals surface area (Å²) in [7, 11) is -4.39. The van der Waals surface area contributed by atoms with Gasteiger partial charge in [-0.05, 0) is 57.8 Å². The zero-order valence-electron chi connectivity index (χ0n) is 52.6. The summed E-state index contributed by atoms with van der Waals surface area (Å²) in [5.74, 6) is -0.806. The molecule has 0 aliphatic heterocycles. The van der Waals surface area contributed by atoms with Crippen LogP contribution in [0, 0.1) is 0 Å². The largest absolute Gasteiger partial charge is 0.472 e. The molecule has 3 N–H and O–H groups in total. The van der Waals surface area contributed by atoms with Crippen LogP contribution in [0.1, 0.15) is 341 Å². The summed E-state index contributed by atoms with van der Waals surface area (Å²) < 4.78 is 33.1. The molecule has 0 amide bonds. The highest BCUT2D eigenvalue weighted by Crippen LogP contribution is 2.43. The molecule has 0 fully saturated rings. The van der Waals surface area contributed by atoms with Gasteiger partial charge in [0.15, 0.2) is 6.10 Å². The summed E-state index contributed by atoms with van der Waals surface area (Å²) in [4.78, 5) is 35.3. The number of ether oxygens (including phenoxy) is 2. The third-order valence-electron chi connectivity index (χ3n) is 15.2. The molecule has 0 saturated heterocycles. The van der Waals surface area contributed by atoms with Gasteiger partial charge in [0.1, 0.15) is 6.61 Å². The Morgan fingerprint density at radius 3 is 1.02 bits per heavy atom. The number of carbonyl (C=O) groups is 2. The third kappa shape index (κ3) is 64.9. The van der Waals surface area contributed by atoms with E-state index in [-0.39, 0.29) is 38.6 Å². The Balaban J connectivity index is 3.78. The molecule has 0 saturated carbocycles. The minimum atomic E-state index is -4.39. The van der Waals surface area contributed by atoms with Crippen LogP contribution < -0.4 is 5.73 Å². The number of unbranched alkanes of at least 4 members (excludes halogenated alkanes) is 42. The average molecular weight is 1140 g/mol. The van der Waals surface area contributed by atoms with E-state index in [4.69, 9.17) is 24.3 Å². The van der Waals surface area contributed by atoms with Crippen LogP contribution in [0.5, 0.6) is 0 Å². The van der Waals surface area contributed by atoms with Crippen molar-refractivity contribution in [1.29, 1.82) is 0 Å². The van der Waals surface area contributed by atoms with Gasteiger partial charge in [-0.25, -0.2) is 4.57 Å². The maximum atomic E-state index is 12.8. The Hall–Kier alpha value is -2.29. The summed E-state index contributed by atoms with van der Waals surface area (Å²) in [6.45, 7) is 3.69. The van der Waals surface area contributed by atoms with Gasteiger partial charge in [-0.3, -0.25) is 18.6 Å². The lowest BCUT2D eigenvalue weighted by molar-refractivity contribution is -0.161. The smallest absolute Gasteiger partial charge is 0.462 e. The SMILES string of the molecule is CC/C=C\C/C=C\C/C=C\C/C=C\C/C=C\CCCCCCCCCCCCCCCCCCCCCCCCCC(=O)OC(COC(=O)CCCCCCCCCCCCCCCCCCCCCC)COP(=O)(O)OCCN. The predicted octanol–water partition coefficient (Wildman–Crippen LogP) is 22.2. The summed E-state index contributed by atoms with van der Waals surface area (Å²) in [5, 5.41) is 0. The van der Waals surface area contributed by atoms with Crippen molar-refractivity contribution >= 4 is 19.8 Å². The molecule has 80 heavy (non-hydrogen) atoms. The van der Waals surface area contributed by atoms with Gasteiger partial charge in [-0.15, -0.1) is 0 Å². The lowest BCUT2D eigenvalue weighted by Crippen LogP contribution is -2.29. The van der Waals surface area contributed by atoms with Crippen LogP contribution in [-0.4, -0.2) is 49.3 Å². The molecule has 2 atom stereocenters. The number of nitrogens with two attached hydrogens (primary N) is 1. The van der Waals surface area contributed by atoms with Gasteiger partial charge in [-0.2, -0.15) is 0 Å². The van der Waals surface area contributed by atoms with Gasteiger partial charge in [0.25, 0.3) is 0 Å². The van der Waals surface area contributed by atoms with Crippen molar-refractivity contribution in [2.45, 2.75) is 347 Å². The maximum absolute atomic E-state index is 12.8. The highest BCUT2D eigenvalue weighted by molar-refractivity contribution is 7.47. The van der Waals surface area contributed by atoms with Gasteiger partial charge in [0.2, 0.25) is 0 Å². The summed E-state index contributed by atoms with van der Waals surface area (Å²) in [6.07, 6.45) is 84.6. The van der Waals surface area contributed by atoms with E-state index in [1.54, 1.807) is 0 Å². The van der Waals surface area contributed by atoms with E-state index in [9.17, 15) is 19.0 Å². The Morgan fingerprint density at radius 2 is 0.688 bits per heavy atom. The second-order valence-corrected chi connectivity index (χ2v) is 24.5. The quantitative estimate of drug-likeness (QED) is 0.0264. The van der Waals surface area contributed by atoms with E-state index in [2.05, 4.69) is 74.6 Å². The fraction of sp³-hybridized carbons (Fsp3) is 0.829. The first-order chi connectivity index (χ1) is 39.3. The predicted molar refractivity (Wildman–Crippen MR) is 344 cm³/mol. The lowest BCUT2D eigenvalue weighted by atomic mass is 10.0. The molecule has 0 spiro atoms. The first kappa shape index (κ1) is 77.7. The lowest BCUT2D eigenvalue weighted by Gasteiger charge is -2.19. The fourth-order valence-corrected chi connectivity index (χ4v) is 10.9. The van der Waals surface area contributed by atoms with Crippen molar-refractivity contribution in [1.82, 2.24) is 0 Å². The molecule has 0 aromatic rings.